The SMILES string of the molecule is COC(=O)CCCOc1ccc2ccc(O)c(C(C)=O)c2c1. The lowest BCUT2D eigenvalue weighted by atomic mass is 10.0. The number of hydrogen-bond acceptors (Lipinski definition) is 5. The molecule has 0 atom stereocenters. The largest absolute Gasteiger partial charge is 0.507 e. The van der Waals surface area contributed by atoms with Crippen molar-refractivity contribution in [3.8, 4) is 11.5 Å². The monoisotopic (exact) mass is 302 g/mol. The number of benzene rings is 2. The Hall–Kier alpha value is -2.56. The molecule has 0 amide bonds. The van der Waals surface area contributed by atoms with Gasteiger partial charge in [0.05, 0.1) is 19.3 Å². The summed E-state index contributed by atoms with van der Waals surface area (Å²) in [5.41, 5.74) is 0.289. The van der Waals surface area contributed by atoms with Gasteiger partial charge in [0.1, 0.15) is 11.5 Å². The molecule has 0 saturated heterocycles. The van der Waals surface area contributed by atoms with Crippen molar-refractivity contribution in [3.05, 3.63) is 35.9 Å². The van der Waals surface area contributed by atoms with E-state index in [2.05, 4.69) is 4.74 Å². The highest BCUT2D eigenvalue weighted by Gasteiger charge is 2.12. The van der Waals surface area contributed by atoms with E-state index in [1.807, 2.05) is 6.07 Å². The van der Waals surface area contributed by atoms with Crippen LogP contribution < -0.4 is 4.74 Å². The van der Waals surface area contributed by atoms with Crippen LogP contribution in [0.1, 0.15) is 30.1 Å². The van der Waals surface area contributed by atoms with Crippen LogP contribution in [-0.2, 0) is 9.53 Å². The molecule has 0 aliphatic heterocycles. The minimum atomic E-state index is -0.272. The molecule has 0 bridgehead atoms. The molecular weight excluding hydrogens is 284 g/mol. The van der Waals surface area contributed by atoms with Gasteiger partial charge in [0, 0.05) is 6.42 Å². The fourth-order valence-electron chi connectivity index (χ4n) is 2.26. The third-order valence-corrected chi connectivity index (χ3v) is 3.34. The Morgan fingerprint density at radius 3 is 2.59 bits per heavy atom. The van der Waals surface area contributed by atoms with Crippen LogP contribution in [0, 0.1) is 0 Å². The van der Waals surface area contributed by atoms with Crippen LogP contribution in [0.4, 0.5) is 0 Å². The summed E-state index contributed by atoms with van der Waals surface area (Å²) in [5.74, 6) is 0.0742. The number of Topliss-reactive ketones (excluding diaryl/α,β-unsaturated/α-hetero) is 1. The van der Waals surface area contributed by atoms with E-state index in [-0.39, 0.29) is 23.1 Å². The predicted molar refractivity (Wildman–Crippen MR) is 82.4 cm³/mol. The number of fused-ring (bicyclic) bond motifs is 1. The molecule has 22 heavy (non-hydrogen) atoms. The van der Waals surface area contributed by atoms with Gasteiger partial charge in [-0.2, -0.15) is 0 Å². The summed E-state index contributed by atoms with van der Waals surface area (Å²) in [5, 5.41) is 11.4. The third-order valence-electron chi connectivity index (χ3n) is 3.34. The Balaban J connectivity index is 2.17. The molecule has 2 rings (SSSR count). The molecule has 0 aromatic heterocycles. The first-order valence-corrected chi connectivity index (χ1v) is 6.99. The zero-order chi connectivity index (χ0) is 16.1. The summed E-state index contributed by atoms with van der Waals surface area (Å²) in [7, 11) is 1.35. The molecule has 0 heterocycles. The van der Waals surface area contributed by atoms with Crippen molar-refractivity contribution >= 4 is 22.5 Å². The van der Waals surface area contributed by atoms with Crippen LogP contribution in [-0.4, -0.2) is 30.6 Å². The van der Waals surface area contributed by atoms with Gasteiger partial charge in [-0.15, -0.1) is 0 Å². The summed E-state index contributed by atoms with van der Waals surface area (Å²) < 4.78 is 10.1. The number of methoxy groups -OCH3 is 1. The smallest absolute Gasteiger partial charge is 0.305 e. The van der Waals surface area contributed by atoms with Crippen molar-refractivity contribution < 1.29 is 24.2 Å². The van der Waals surface area contributed by atoms with E-state index >= 15 is 0 Å². The second-order valence-electron chi connectivity index (χ2n) is 4.93. The van der Waals surface area contributed by atoms with Crippen LogP contribution in [0.3, 0.4) is 0 Å². The van der Waals surface area contributed by atoms with E-state index in [4.69, 9.17) is 4.74 Å². The van der Waals surface area contributed by atoms with Gasteiger partial charge in [-0.05, 0) is 42.3 Å². The van der Waals surface area contributed by atoms with Gasteiger partial charge >= 0.3 is 5.97 Å². The molecule has 2 aromatic carbocycles. The fourth-order valence-corrected chi connectivity index (χ4v) is 2.26. The lowest BCUT2D eigenvalue weighted by Gasteiger charge is -2.10. The molecule has 0 radical (unpaired) electrons. The van der Waals surface area contributed by atoms with Crippen LogP contribution in [0.2, 0.25) is 0 Å². The minimum Gasteiger partial charge on any atom is -0.507 e. The van der Waals surface area contributed by atoms with Gasteiger partial charge in [0.2, 0.25) is 0 Å². The van der Waals surface area contributed by atoms with Crippen LogP contribution in [0.25, 0.3) is 10.8 Å². The van der Waals surface area contributed by atoms with E-state index < -0.39 is 0 Å². The lowest BCUT2D eigenvalue weighted by Crippen LogP contribution is -2.04. The second kappa shape index (κ2) is 6.93. The Labute approximate surface area is 128 Å². The fraction of sp³-hybridized carbons (Fsp3) is 0.294. The maximum atomic E-state index is 11.7. The summed E-state index contributed by atoms with van der Waals surface area (Å²) in [6.07, 6.45) is 0.841. The summed E-state index contributed by atoms with van der Waals surface area (Å²) in [6.45, 7) is 1.78. The lowest BCUT2D eigenvalue weighted by molar-refractivity contribution is -0.140. The molecule has 2 aromatic rings. The number of rotatable bonds is 6. The van der Waals surface area contributed by atoms with Crippen LogP contribution >= 0.6 is 0 Å². The maximum absolute atomic E-state index is 11.7. The minimum absolute atomic E-state index is 0.0390. The quantitative estimate of drug-likeness (QED) is 0.504. The number of ether oxygens (including phenoxy) is 2. The molecule has 0 spiro atoms. The Bertz CT molecular complexity index is 706. The summed E-state index contributed by atoms with van der Waals surface area (Å²) in [6, 6.07) is 8.61. The Morgan fingerprint density at radius 1 is 1.18 bits per heavy atom. The first kappa shape index (κ1) is 15.8. The van der Waals surface area contributed by atoms with Crippen molar-refractivity contribution in [2.24, 2.45) is 0 Å². The average molecular weight is 302 g/mol. The van der Waals surface area contributed by atoms with Gasteiger partial charge in [0.25, 0.3) is 0 Å². The average Bonchev–Trinajstić information content (AvgIpc) is 2.50. The highest BCUT2D eigenvalue weighted by Crippen LogP contribution is 2.30. The molecule has 5 nitrogen and oxygen atoms in total. The first-order chi connectivity index (χ1) is 10.5. The highest BCUT2D eigenvalue weighted by atomic mass is 16.5. The molecule has 0 aliphatic carbocycles. The van der Waals surface area contributed by atoms with Crippen molar-refractivity contribution in [1.29, 1.82) is 0 Å². The van der Waals surface area contributed by atoms with E-state index in [0.717, 1.165) is 5.39 Å². The number of esters is 1. The highest BCUT2D eigenvalue weighted by molar-refractivity contribution is 6.09. The molecule has 0 unspecified atom stereocenters. The summed E-state index contributed by atoms with van der Waals surface area (Å²) in [4.78, 5) is 22.7. The zero-order valence-electron chi connectivity index (χ0n) is 12.6. The number of carbonyl (C=O) groups excluding carboxylic acids is 2. The molecule has 116 valence electrons. The molecule has 1 N–H and O–H groups in total. The van der Waals surface area contributed by atoms with Gasteiger partial charge in [-0.3, -0.25) is 9.59 Å². The number of phenolic OH excluding ortho intramolecular Hbond substituents is 1. The van der Waals surface area contributed by atoms with Crippen molar-refractivity contribution in [1.82, 2.24) is 0 Å². The third kappa shape index (κ3) is 3.55. The Kier molecular flexibility index (Phi) is 4.99. The van der Waals surface area contributed by atoms with Crippen molar-refractivity contribution in [3.63, 3.8) is 0 Å². The molecular formula is C17H18O5. The number of ketones is 1. The van der Waals surface area contributed by atoms with Gasteiger partial charge in [0.15, 0.2) is 5.78 Å². The number of carbonyl (C=O) groups is 2. The Morgan fingerprint density at radius 2 is 1.91 bits per heavy atom. The second-order valence-corrected chi connectivity index (χ2v) is 4.93. The number of phenols is 1. The molecule has 0 aliphatic rings. The number of hydrogen-bond donors (Lipinski definition) is 1. The van der Waals surface area contributed by atoms with Crippen LogP contribution in [0.5, 0.6) is 11.5 Å². The molecule has 0 saturated carbocycles. The molecule has 0 fully saturated rings. The molecule has 5 heteroatoms. The first-order valence-electron chi connectivity index (χ1n) is 6.99. The maximum Gasteiger partial charge on any atom is 0.305 e. The summed E-state index contributed by atoms with van der Waals surface area (Å²) >= 11 is 0. The number of aromatic hydroxyl groups is 1. The van der Waals surface area contributed by atoms with E-state index in [0.29, 0.717) is 30.6 Å². The van der Waals surface area contributed by atoms with Crippen LogP contribution in [0.15, 0.2) is 30.3 Å². The van der Waals surface area contributed by atoms with E-state index in [1.54, 1.807) is 18.2 Å². The van der Waals surface area contributed by atoms with Crippen molar-refractivity contribution in [2.45, 2.75) is 19.8 Å². The van der Waals surface area contributed by atoms with Gasteiger partial charge < -0.3 is 14.6 Å². The van der Waals surface area contributed by atoms with E-state index in [9.17, 15) is 14.7 Å². The zero-order valence-corrected chi connectivity index (χ0v) is 12.6. The standard InChI is InChI=1S/C17H18O5/c1-11(18)17-14-10-13(22-9-3-4-16(20)21-2)7-5-12(14)6-8-15(17)19/h5-8,10,19H,3-4,9H2,1-2H3. The predicted octanol–water partition coefficient (Wildman–Crippen LogP) is 3.08. The van der Waals surface area contributed by atoms with Gasteiger partial charge in [-0.1, -0.05) is 12.1 Å². The van der Waals surface area contributed by atoms with E-state index in [1.165, 1.54) is 20.1 Å². The topological polar surface area (TPSA) is 72.8 Å². The normalized spacial score (nSPS) is 10.5. The van der Waals surface area contributed by atoms with Crippen molar-refractivity contribution in [2.75, 3.05) is 13.7 Å². The van der Waals surface area contributed by atoms with Gasteiger partial charge in [-0.25, -0.2) is 0 Å².